The van der Waals surface area contributed by atoms with E-state index >= 15 is 0 Å². The molecule has 1 rings (SSSR count). The third kappa shape index (κ3) is 4.92. The number of sulfonamides is 1. The van der Waals surface area contributed by atoms with E-state index in [-0.39, 0.29) is 23.2 Å². The molecule has 1 N–H and O–H groups in total. The smallest absolute Gasteiger partial charge is 0.233 e. The predicted octanol–water partition coefficient (Wildman–Crippen LogP) is 3.61. The second-order valence-electron chi connectivity index (χ2n) is 3.77. The van der Waals surface area contributed by atoms with Crippen LogP contribution in [0.1, 0.15) is 6.92 Å². The van der Waals surface area contributed by atoms with Crippen molar-refractivity contribution in [3.63, 3.8) is 0 Å². The van der Waals surface area contributed by atoms with Crippen molar-refractivity contribution in [2.24, 2.45) is 5.92 Å². The molecule has 0 saturated heterocycles. The standard InChI is InChI=1S/C10H12Cl3NO2S/c1-7(5-11)6-17(15,16)14-10-4-8(12)2-3-9(10)13/h2-4,7,14H,5-6H2,1H3. The Hall–Kier alpha value is -0.160. The first-order chi connectivity index (χ1) is 7.84. The summed E-state index contributed by atoms with van der Waals surface area (Å²) >= 11 is 17.2. The Morgan fingerprint density at radius 2 is 2.00 bits per heavy atom. The lowest BCUT2D eigenvalue weighted by Gasteiger charge is -2.12. The summed E-state index contributed by atoms with van der Waals surface area (Å²) in [5.74, 6) is 0.0934. The number of nitrogens with one attached hydrogen (secondary N) is 1. The molecule has 17 heavy (non-hydrogen) atoms. The summed E-state index contributed by atoms with van der Waals surface area (Å²) in [6.07, 6.45) is 0. The second-order valence-corrected chi connectivity index (χ2v) is 6.69. The lowest BCUT2D eigenvalue weighted by molar-refractivity contribution is 0.588. The summed E-state index contributed by atoms with van der Waals surface area (Å²) in [6, 6.07) is 4.59. The first kappa shape index (κ1) is 14.9. The molecular formula is C10H12Cl3NO2S. The van der Waals surface area contributed by atoms with E-state index < -0.39 is 10.0 Å². The average Bonchev–Trinajstić information content (AvgIpc) is 2.22. The van der Waals surface area contributed by atoms with Gasteiger partial charge in [-0.1, -0.05) is 30.1 Å². The number of rotatable bonds is 5. The molecule has 0 fully saturated rings. The van der Waals surface area contributed by atoms with Gasteiger partial charge in [-0.2, -0.15) is 0 Å². The SMILES string of the molecule is CC(CCl)CS(=O)(=O)Nc1cc(Cl)ccc1Cl. The molecule has 96 valence electrons. The molecule has 0 heterocycles. The third-order valence-electron chi connectivity index (χ3n) is 1.96. The Bertz CT molecular complexity index is 490. The molecule has 0 bridgehead atoms. The lowest BCUT2D eigenvalue weighted by atomic mass is 10.3. The molecule has 1 atom stereocenters. The molecule has 1 unspecified atom stereocenters. The molecule has 0 aliphatic rings. The lowest BCUT2D eigenvalue weighted by Crippen LogP contribution is -2.22. The molecule has 0 aliphatic carbocycles. The first-order valence-corrected chi connectivity index (χ1v) is 7.80. The van der Waals surface area contributed by atoms with E-state index in [1.807, 2.05) is 0 Å². The molecule has 7 heteroatoms. The van der Waals surface area contributed by atoms with Crippen LogP contribution in [0.5, 0.6) is 0 Å². The molecule has 0 spiro atoms. The van der Waals surface area contributed by atoms with Crippen LogP contribution in [0.3, 0.4) is 0 Å². The fourth-order valence-electron chi connectivity index (χ4n) is 1.20. The van der Waals surface area contributed by atoms with E-state index in [1.54, 1.807) is 13.0 Å². The van der Waals surface area contributed by atoms with Crippen molar-refractivity contribution in [1.29, 1.82) is 0 Å². The zero-order valence-corrected chi connectivity index (χ0v) is 12.2. The fraction of sp³-hybridized carbons (Fsp3) is 0.400. The van der Waals surface area contributed by atoms with Gasteiger partial charge in [-0.25, -0.2) is 8.42 Å². The summed E-state index contributed by atoms with van der Waals surface area (Å²) in [5, 5.41) is 0.717. The summed E-state index contributed by atoms with van der Waals surface area (Å²) in [7, 11) is -3.46. The molecule has 3 nitrogen and oxygen atoms in total. The minimum absolute atomic E-state index is 0.0562. The summed E-state index contributed by atoms with van der Waals surface area (Å²) < 4.78 is 25.9. The highest BCUT2D eigenvalue weighted by Crippen LogP contribution is 2.26. The van der Waals surface area contributed by atoms with Crippen LogP contribution in [-0.4, -0.2) is 20.1 Å². The molecule has 0 aliphatic heterocycles. The van der Waals surface area contributed by atoms with Crippen molar-refractivity contribution in [2.75, 3.05) is 16.4 Å². The Kier molecular flexibility index (Phi) is 5.38. The van der Waals surface area contributed by atoms with E-state index in [0.29, 0.717) is 10.0 Å². The Morgan fingerprint density at radius 3 is 2.59 bits per heavy atom. The van der Waals surface area contributed by atoms with E-state index in [1.165, 1.54) is 12.1 Å². The third-order valence-corrected chi connectivity index (χ3v) is 4.59. The van der Waals surface area contributed by atoms with E-state index in [4.69, 9.17) is 34.8 Å². The van der Waals surface area contributed by atoms with Gasteiger partial charge in [0.25, 0.3) is 0 Å². The Balaban J connectivity index is 2.86. The van der Waals surface area contributed by atoms with Crippen molar-refractivity contribution in [2.45, 2.75) is 6.92 Å². The number of benzene rings is 1. The van der Waals surface area contributed by atoms with Crippen LogP contribution in [0.15, 0.2) is 18.2 Å². The van der Waals surface area contributed by atoms with Crippen molar-refractivity contribution >= 4 is 50.5 Å². The van der Waals surface area contributed by atoms with Gasteiger partial charge in [0, 0.05) is 10.9 Å². The van der Waals surface area contributed by atoms with Crippen LogP contribution < -0.4 is 4.72 Å². The summed E-state index contributed by atoms with van der Waals surface area (Å²) in [5.41, 5.74) is 0.279. The number of alkyl halides is 1. The van der Waals surface area contributed by atoms with Gasteiger partial charge >= 0.3 is 0 Å². The largest absolute Gasteiger partial charge is 0.282 e. The quantitative estimate of drug-likeness (QED) is 0.844. The summed E-state index contributed by atoms with van der Waals surface area (Å²) in [6.45, 7) is 1.76. The highest BCUT2D eigenvalue weighted by Gasteiger charge is 2.16. The van der Waals surface area contributed by atoms with Crippen LogP contribution in [0.25, 0.3) is 0 Å². The van der Waals surface area contributed by atoms with E-state index in [0.717, 1.165) is 0 Å². The molecular weight excluding hydrogens is 305 g/mol. The maximum absolute atomic E-state index is 11.8. The van der Waals surface area contributed by atoms with Gasteiger partial charge in [-0.3, -0.25) is 4.72 Å². The Labute approximate surface area is 116 Å². The highest BCUT2D eigenvalue weighted by molar-refractivity contribution is 7.92. The minimum Gasteiger partial charge on any atom is -0.282 e. The van der Waals surface area contributed by atoms with Gasteiger partial charge < -0.3 is 0 Å². The van der Waals surface area contributed by atoms with Crippen molar-refractivity contribution in [1.82, 2.24) is 0 Å². The van der Waals surface area contributed by atoms with Crippen LogP contribution in [0, 0.1) is 5.92 Å². The van der Waals surface area contributed by atoms with Gasteiger partial charge in [0.2, 0.25) is 10.0 Å². The number of hydrogen-bond acceptors (Lipinski definition) is 2. The number of hydrogen-bond donors (Lipinski definition) is 1. The van der Waals surface area contributed by atoms with Crippen LogP contribution in [0.4, 0.5) is 5.69 Å². The number of anilines is 1. The number of halogens is 3. The molecule has 0 aromatic heterocycles. The zero-order valence-electron chi connectivity index (χ0n) is 9.08. The van der Waals surface area contributed by atoms with Crippen molar-refractivity contribution in [3.8, 4) is 0 Å². The highest BCUT2D eigenvalue weighted by atomic mass is 35.5. The van der Waals surface area contributed by atoms with Crippen molar-refractivity contribution in [3.05, 3.63) is 28.2 Å². The topological polar surface area (TPSA) is 46.2 Å². The molecule has 1 aromatic rings. The monoisotopic (exact) mass is 315 g/mol. The first-order valence-electron chi connectivity index (χ1n) is 4.85. The summed E-state index contributed by atoms with van der Waals surface area (Å²) in [4.78, 5) is 0. The van der Waals surface area contributed by atoms with Crippen LogP contribution >= 0.6 is 34.8 Å². The molecule has 1 aromatic carbocycles. The van der Waals surface area contributed by atoms with Crippen molar-refractivity contribution < 1.29 is 8.42 Å². The van der Waals surface area contributed by atoms with Gasteiger partial charge in [0.05, 0.1) is 16.5 Å². The maximum Gasteiger partial charge on any atom is 0.233 e. The predicted molar refractivity (Wildman–Crippen MR) is 73.8 cm³/mol. The van der Waals surface area contributed by atoms with Crippen LogP contribution in [-0.2, 0) is 10.0 Å². The van der Waals surface area contributed by atoms with Gasteiger partial charge in [-0.05, 0) is 24.1 Å². The Morgan fingerprint density at radius 1 is 1.35 bits per heavy atom. The minimum atomic E-state index is -3.46. The maximum atomic E-state index is 11.8. The van der Waals surface area contributed by atoms with Gasteiger partial charge in [0.1, 0.15) is 0 Å². The average molecular weight is 317 g/mol. The van der Waals surface area contributed by atoms with E-state index in [9.17, 15) is 8.42 Å². The fourth-order valence-corrected chi connectivity index (χ4v) is 3.29. The van der Waals surface area contributed by atoms with Crippen LogP contribution in [0.2, 0.25) is 10.0 Å². The molecule has 0 saturated carbocycles. The second kappa shape index (κ2) is 6.14. The zero-order chi connectivity index (χ0) is 13.1. The normalized spacial score (nSPS) is 13.4. The van der Waals surface area contributed by atoms with E-state index in [2.05, 4.69) is 4.72 Å². The molecule has 0 amide bonds. The molecule has 0 radical (unpaired) electrons. The van der Waals surface area contributed by atoms with Gasteiger partial charge in [0.15, 0.2) is 0 Å². The van der Waals surface area contributed by atoms with Gasteiger partial charge in [-0.15, -0.1) is 11.6 Å².